The lowest BCUT2D eigenvalue weighted by atomic mass is 10.2. The Morgan fingerprint density at radius 3 is 2.48 bits per heavy atom. The van der Waals surface area contributed by atoms with E-state index in [0.717, 1.165) is 10.8 Å². The number of carbonyl (C=O) groups is 2. The zero-order chi connectivity index (χ0) is 21.2. The molecule has 0 bridgehead atoms. The summed E-state index contributed by atoms with van der Waals surface area (Å²) in [5, 5.41) is 6.86. The average molecular weight is 433 g/mol. The summed E-state index contributed by atoms with van der Waals surface area (Å²) in [7, 11) is -0.00324. The molecule has 1 saturated heterocycles. The van der Waals surface area contributed by atoms with Crippen LogP contribution in [0.25, 0.3) is 0 Å². The number of thiazole rings is 1. The molecular weight excluding hydrogens is 404 g/mol. The Morgan fingerprint density at radius 2 is 1.90 bits per heavy atom. The molecule has 2 aromatic rings. The minimum Gasteiger partial charge on any atom is -0.464 e. The SMILES string of the molecule is COC(=O)c1csc(N2CCN(C(=O)Nc3ccc([Si](C)(C)C)cc3)[C@H](C)C2)n1. The van der Waals surface area contributed by atoms with Crippen molar-refractivity contribution in [3.05, 3.63) is 35.3 Å². The highest BCUT2D eigenvalue weighted by Crippen LogP contribution is 2.24. The van der Waals surface area contributed by atoms with E-state index in [-0.39, 0.29) is 12.1 Å². The minimum atomic E-state index is -1.35. The standard InChI is InChI=1S/C20H28N4O3SSi/c1-14-12-23(20-22-17(13-28-20)18(25)27-2)10-11-24(14)19(26)21-15-6-8-16(9-7-15)29(3,4)5/h6-9,13-14H,10-12H2,1-5H3,(H,21,26)/t14-/m1/s1. The third-order valence-electron chi connectivity index (χ3n) is 5.05. The molecule has 0 saturated carbocycles. The quantitative estimate of drug-likeness (QED) is 0.593. The van der Waals surface area contributed by atoms with Gasteiger partial charge in [0.25, 0.3) is 0 Å². The van der Waals surface area contributed by atoms with Crippen LogP contribution in [0.3, 0.4) is 0 Å². The predicted octanol–water partition coefficient (Wildman–Crippen LogP) is 3.22. The topological polar surface area (TPSA) is 74.8 Å². The van der Waals surface area contributed by atoms with Gasteiger partial charge in [-0.15, -0.1) is 11.3 Å². The molecule has 9 heteroatoms. The number of carbonyl (C=O) groups excluding carboxylic acids is 2. The van der Waals surface area contributed by atoms with Gasteiger partial charge in [-0.3, -0.25) is 0 Å². The van der Waals surface area contributed by atoms with Crippen LogP contribution in [0, 0.1) is 0 Å². The van der Waals surface area contributed by atoms with Gasteiger partial charge in [0.15, 0.2) is 10.8 Å². The van der Waals surface area contributed by atoms with Crippen molar-refractivity contribution in [2.45, 2.75) is 32.6 Å². The maximum Gasteiger partial charge on any atom is 0.357 e. The van der Waals surface area contributed by atoms with Crippen molar-refractivity contribution in [1.82, 2.24) is 9.88 Å². The number of methoxy groups -OCH3 is 1. The lowest BCUT2D eigenvalue weighted by molar-refractivity contribution is 0.0595. The van der Waals surface area contributed by atoms with Crippen molar-refractivity contribution in [2.75, 3.05) is 37.0 Å². The largest absolute Gasteiger partial charge is 0.464 e. The Kier molecular flexibility index (Phi) is 6.28. The van der Waals surface area contributed by atoms with E-state index < -0.39 is 14.0 Å². The number of aromatic nitrogens is 1. The maximum absolute atomic E-state index is 12.8. The zero-order valence-corrected chi connectivity index (χ0v) is 19.4. The summed E-state index contributed by atoms with van der Waals surface area (Å²) in [6.07, 6.45) is 0. The van der Waals surface area contributed by atoms with Crippen LogP contribution >= 0.6 is 11.3 Å². The molecule has 0 spiro atoms. The Bertz CT molecular complexity index is 879. The normalized spacial score (nSPS) is 17.2. The molecule has 0 unspecified atom stereocenters. The van der Waals surface area contributed by atoms with Crippen molar-refractivity contribution in [1.29, 1.82) is 0 Å². The first-order valence-corrected chi connectivity index (χ1v) is 14.0. The number of anilines is 2. The molecule has 1 aliphatic rings. The second-order valence-electron chi connectivity index (χ2n) is 8.25. The number of rotatable bonds is 4. The number of hydrogen-bond acceptors (Lipinski definition) is 6. The van der Waals surface area contributed by atoms with E-state index in [1.165, 1.54) is 23.6 Å². The molecule has 1 aliphatic heterocycles. The predicted molar refractivity (Wildman–Crippen MR) is 120 cm³/mol. The first-order valence-electron chi connectivity index (χ1n) is 9.66. The van der Waals surface area contributed by atoms with Gasteiger partial charge in [-0.05, 0) is 19.1 Å². The van der Waals surface area contributed by atoms with Crippen LogP contribution in [0.4, 0.5) is 15.6 Å². The molecular formula is C20H28N4O3SSi. The number of hydrogen-bond donors (Lipinski definition) is 1. The molecule has 2 heterocycles. The molecule has 2 amide bonds. The molecule has 3 rings (SSSR count). The Labute approximate surface area is 176 Å². The number of benzene rings is 1. The summed E-state index contributed by atoms with van der Waals surface area (Å²) < 4.78 is 4.72. The number of esters is 1. The first-order chi connectivity index (χ1) is 13.7. The van der Waals surface area contributed by atoms with Gasteiger partial charge < -0.3 is 19.9 Å². The second kappa shape index (κ2) is 8.54. The zero-order valence-electron chi connectivity index (χ0n) is 17.6. The van der Waals surface area contributed by atoms with Gasteiger partial charge in [-0.25, -0.2) is 14.6 Å². The molecule has 1 aromatic heterocycles. The van der Waals surface area contributed by atoms with Crippen molar-refractivity contribution in [3.8, 4) is 0 Å². The van der Waals surface area contributed by atoms with Crippen LogP contribution in [0.1, 0.15) is 17.4 Å². The van der Waals surface area contributed by atoms with Gasteiger partial charge in [0.1, 0.15) is 0 Å². The minimum absolute atomic E-state index is 0.0236. The highest BCUT2D eigenvalue weighted by molar-refractivity contribution is 7.13. The van der Waals surface area contributed by atoms with Gasteiger partial charge in [-0.1, -0.05) is 37.0 Å². The molecule has 1 fully saturated rings. The fraction of sp³-hybridized carbons (Fsp3) is 0.450. The van der Waals surface area contributed by atoms with E-state index in [0.29, 0.717) is 25.3 Å². The van der Waals surface area contributed by atoms with E-state index in [4.69, 9.17) is 4.74 Å². The number of piperazine rings is 1. The number of amides is 2. The van der Waals surface area contributed by atoms with Gasteiger partial charge in [0, 0.05) is 36.7 Å². The summed E-state index contributed by atoms with van der Waals surface area (Å²) >= 11 is 1.42. The summed E-state index contributed by atoms with van der Waals surface area (Å²) in [6.45, 7) is 10.9. The maximum atomic E-state index is 12.8. The highest BCUT2D eigenvalue weighted by atomic mass is 32.1. The summed E-state index contributed by atoms with van der Waals surface area (Å²) in [4.78, 5) is 32.7. The molecule has 1 N–H and O–H groups in total. The molecule has 1 atom stereocenters. The van der Waals surface area contributed by atoms with Gasteiger partial charge in [0.2, 0.25) is 0 Å². The fourth-order valence-electron chi connectivity index (χ4n) is 3.29. The third kappa shape index (κ3) is 4.97. The molecule has 29 heavy (non-hydrogen) atoms. The highest BCUT2D eigenvalue weighted by Gasteiger charge is 2.29. The van der Waals surface area contributed by atoms with Crippen LogP contribution in [-0.4, -0.2) is 62.7 Å². The Balaban J connectivity index is 1.60. The second-order valence-corrected chi connectivity index (χ2v) is 14.2. The molecule has 7 nitrogen and oxygen atoms in total. The van der Waals surface area contributed by atoms with Crippen LogP contribution in [0.5, 0.6) is 0 Å². The van der Waals surface area contributed by atoms with E-state index in [1.807, 2.05) is 24.0 Å². The van der Waals surface area contributed by atoms with E-state index in [9.17, 15) is 9.59 Å². The van der Waals surface area contributed by atoms with Crippen molar-refractivity contribution >= 4 is 47.4 Å². The molecule has 0 radical (unpaired) electrons. The Hall–Kier alpha value is -2.39. The number of nitrogens with one attached hydrogen (secondary N) is 1. The smallest absolute Gasteiger partial charge is 0.357 e. The summed E-state index contributed by atoms with van der Waals surface area (Å²) in [5.41, 5.74) is 1.14. The molecule has 0 aliphatic carbocycles. The van der Waals surface area contributed by atoms with Crippen molar-refractivity contribution < 1.29 is 14.3 Å². The van der Waals surface area contributed by atoms with Gasteiger partial charge in [-0.2, -0.15) is 0 Å². The van der Waals surface area contributed by atoms with Crippen LogP contribution in [0.2, 0.25) is 19.6 Å². The van der Waals surface area contributed by atoms with Crippen LogP contribution < -0.4 is 15.4 Å². The lowest BCUT2D eigenvalue weighted by Crippen LogP contribution is -2.55. The van der Waals surface area contributed by atoms with E-state index in [1.54, 1.807) is 5.38 Å². The van der Waals surface area contributed by atoms with Crippen LogP contribution in [0.15, 0.2) is 29.6 Å². The fourth-order valence-corrected chi connectivity index (χ4v) is 5.29. The van der Waals surface area contributed by atoms with Gasteiger partial charge >= 0.3 is 12.0 Å². The van der Waals surface area contributed by atoms with E-state index in [2.05, 4.69) is 47.0 Å². The number of ether oxygens (including phenoxy) is 1. The van der Waals surface area contributed by atoms with Crippen molar-refractivity contribution in [2.24, 2.45) is 0 Å². The summed E-state index contributed by atoms with van der Waals surface area (Å²) in [5.74, 6) is -0.432. The summed E-state index contributed by atoms with van der Waals surface area (Å²) in [6, 6.07) is 8.13. The Morgan fingerprint density at radius 1 is 1.21 bits per heavy atom. The molecule has 1 aromatic carbocycles. The number of nitrogens with zero attached hydrogens (tertiary/aromatic N) is 3. The van der Waals surface area contributed by atoms with E-state index >= 15 is 0 Å². The lowest BCUT2D eigenvalue weighted by Gasteiger charge is -2.39. The monoisotopic (exact) mass is 432 g/mol. The van der Waals surface area contributed by atoms with Crippen molar-refractivity contribution in [3.63, 3.8) is 0 Å². The third-order valence-corrected chi connectivity index (χ3v) is 8.01. The number of urea groups is 1. The van der Waals surface area contributed by atoms with Crippen LogP contribution in [-0.2, 0) is 4.74 Å². The first kappa shape index (κ1) is 21.3. The average Bonchev–Trinajstić information content (AvgIpc) is 3.17. The van der Waals surface area contributed by atoms with Gasteiger partial charge in [0.05, 0.1) is 15.2 Å². The molecule has 156 valence electrons.